The Hall–Kier alpha value is 0.240. The summed E-state index contributed by atoms with van der Waals surface area (Å²) in [6, 6.07) is 1.50. The van der Waals surface area contributed by atoms with Gasteiger partial charge in [0, 0.05) is 5.56 Å². The van der Waals surface area contributed by atoms with Crippen LogP contribution in [0.15, 0.2) is 12.3 Å². The van der Waals surface area contributed by atoms with E-state index in [0.29, 0.717) is 5.56 Å². The molecule has 0 fully saturated rings. The van der Waals surface area contributed by atoms with Gasteiger partial charge in [-0.2, -0.15) is 5.10 Å². The van der Waals surface area contributed by atoms with Crippen LogP contribution in [0.2, 0.25) is 5.15 Å². The minimum absolute atomic E-state index is 0.104. The Morgan fingerprint density at radius 2 is 1.91 bits per heavy atom. The number of alkyl halides is 3. The van der Waals surface area contributed by atoms with Crippen molar-refractivity contribution in [2.75, 3.05) is 0 Å². The fourth-order valence-corrected chi connectivity index (χ4v) is 1.38. The maximum absolute atomic E-state index is 5.58. The average Bonchev–Trinajstić information content (AvgIpc) is 1.86. The molecular formula is C5H2Cl4N2. The molecule has 1 aromatic heterocycles. The third-order valence-corrected chi connectivity index (χ3v) is 1.87. The average molecular weight is 232 g/mol. The van der Waals surface area contributed by atoms with Gasteiger partial charge in [-0.05, 0) is 6.07 Å². The molecule has 0 aliphatic rings. The molecule has 0 aromatic carbocycles. The Morgan fingerprint density at radius 3 is 2.27 bits per heavy atom. The van der Waals surface area contributed by atoms with E-state index >= 15 is 0 Å². The minimum Gasteiger partial charge on any atom is -0.158 e. The SMILES string of the molecule is Clc1nnccc1C(Cl)(Cl)Cl. The first kappa shape index (κ1) is 9.33. The highest BCUT2D eigenvalue weighted by molar-refractivity contribution is 6.67. The van der Waals surface area contributed by atoms with Crippen molar-refractivity contribution in [3.8, 4) is 0 Å². The monoisotopic (exact) mass is 230 g/mol. The molecule has 1 aromatic rings. The van der Waals surface area contributed by atoms with Gasteiger partial charge in [-0.1, -0.05) is 46.4 Å². The molecule has 2 nitrogen and oxygen atoms in total. The second-order valence-corrected chi connectivity index (χ2v) is 4.37. The van der Waals surface area contributed by atoms with Crippen molar-refractivity contribution in [2.24, 2.45) is 0 Å². The van der Waals surface area contributed by atoms with Crippen LogP contribution in [0.5, 0.6) is 0 Å². The lowest BCUT2D eigenvalue weighted by Crippen LogP contribution is -2.02. The lowest BCUT2D eigenvalue weighted by atomic mass is 10.3. The first-order chi connectivity index (χ1) is 5.02. The van der Waals surface area contributed by atoms with E-state index in [1.165, 1.54) is 12.3 Å². The summed E-state index contributed by atoms with van der Waals surface area (Å²) < 4.78 is -1.53. The van der Waals surface area contributed by atoms with E-state index in [2.05, 4.69) is 10.2 Å². The summed E-state index contributed by atoms with van der Waals surface area (Å²) in [5.74, 6) is 0. The van der Waals surface area contributed by atoms with E-state index in [1.807, 2.05) is 0 Å². The molecule has 1 rings (SSSR count). The van der Waals surface area contributed by atoms with Gasteiger partial charge in [0.1, 0.15) is 0 Å². The Balaban J connectivity index is 3.14. The fourth-order valence-electron chi connectivity index (χ4n) is 0.526. The van der Waals surface area contributed by atoms with Crippen LogP contribution in [0.1, 0.15) is 5.56 Å². The second-order valence-electron chi connectivity index (χ2n) is 1.73. The van der Waals surface area contributed by atoms with Crippen LogP contribution in [-0.4, -0.2) is 10.2 Å². The van der Waals surface area contributed by atoms with Gasteiger partial charge in [0.25, 0.3) is 0 Å². The molecule has 0 spiro atoms. The molecular weight excluding hydrogens is 230 g/mol. The number of aromatic nitrogens is 2. The van der Waals surface area contributed by atoms with Crippen LogP contribution in [0, 0.1) is 0 Å². The molecule has 0 aliphatic heterocycles. The van der Waals surface area contributed by atoms with Crippen molar-refractivity contribution in [1.82, 2.24) is 10.2 Å². The molecule has 0 saturated carbocycles. The van der Waals surface area contributed by atoms with Gasteiger partial charge >= 0.3 is 0 Å². The molecule has 0 saturated heterocycles. The van der Waals surface area contributed by atoms with Crippen LogP contribution in [0.3, 0.4) is 0 Å². The maximum Gasteiger partial charge on any atom is 0.219 e. The summed E-state index contributed by atoms with van der Waals surface area (Å²) in [6.45, 7) is 0. The topological polar surface area (TPSA) is 25.8 Å². The normalized spacial score (nSPS) is 11.6. The predicted octanol–water partition coefficient (Wildman–Crippen LogP) is 2.96. The molecule has 0 N–H and O–H groups in total. The molecule has 0 bridgehead atoms. The highest BCUT2D eigenvalue weighted by atomic mass is 35.6. The molecule has 11 heavy (non-hydrogen) atoms. The van der Waals surface area contributed by atoms with Crippen molar-refractivity contribution in [3.63, 3.8) is 0 Å². The summed E-state index contributed by atoms with van der Waals surface area (Å²) in [6.07, 6.45) is 1.41. The predicted molar refractivity (Wildman–Crippen MR) is 46.3 cm³/mol. The molecule has 1 heterocycles. The molecule has 6 heteroatoms. The van der Waals surface area contributed by atoms with E-state index in [4.69, 9.17) is 46.4 Å². The summed E-state index contributed by atoms with van der Waals surface area (Å²) in [5, 5.41) is 7.11. The first-order valence-electron chi connectivity index (χ1n) is 2.56. The van der Waals surface area contributed by atoms with Crippen LogP contribution >= 0.6 is 46.4 Å². The van der Waals surface area contributed by atoms with E-state index < -0.39 is 3.79 Å². The lowest BCUT2D eigenvalue weighted by molar-refractivity contribution is 0.996. The number of hydrogen-bond donors (Lipinski definition) is 0. The quantitative estimate of drug-likeness (QED) is 0.642. The van der Waals surface area contributed by atoms with Gasteiger partial charge in [-0.15, -0.1) is 5.10 Å². The van der Waals surface area contributed by atoms with E-state index in [1.54, 1.807) is 0 Å². The van der Waals surface area contributed by atoms with Crippen molar-refractivity contribution in [3.05, 3.63) is 23.0 Å². The molecule has 0 aliphatic carbocycles. The van der Waals surface area contributed by atoms with E-state index in [0.717, 1.165) is 0 Å². The van der Waals surface area contributed by atoms with Crippen molar-refractivity contribution < 1.29 is 0 Å². The fraction of sp³-hybridized carbons (Fsp3) is 0.200. The Bertz CT molecular complexity index is 257. The van der Waals surface area contributed by atoms with Crippen LogP contribution in [0.4, 0.5) is 0 Å². The number of nitrogens with zero attached hydrogens (tertiary/aromatic N) is 2. The Labute approximate surface area is 83.4 Å². The van der Waals surface area contributed by atoms with E-state index in [9.17, 15) is 0 Å². The summed E-state index contributed by atoms with van der Waals surface area (Å²) in [4.78, 5) is 0. The van der Waals surface area contributed by atoms with Crippen LogP contribution in [0.25, 0.3) is 0 Å². The molecule has 60 valence electrons. The van der Waals surface area contributed by atoms with Gasteiger partial charge in [-0.3, -0.25) is 0 Å². The minimum atomic E-state index is -1.53. The molecule has 0 radical (unpaired) electrons. The molecule has 0 atom stereocenters. The third-order valence-electron chi connectivity index (χ3n) is 0.981. The Morgan fingerprint density at radius 1 is 1.27 bits per heavy atom. The third kappa shape index (κ3) is 2.34. The van der Waals surface area contributed by atoms with Crippen LogP contribution < -0.4 is 0 Å². The standard InChI is InChI=1S/C5H2Cl4N2/c6-4-3(5(7,8)9)1-2-10-11-4/h1-2H. The van der Waals surface area contributed by atoms with Gasteiger partial charge in [0.2, 0.25) is 3.79 Å². The summed E-state index contributed by atoms with van der Waals surface area (Å²) in [7, 11) is 0. The number of hydrogen-bond acceptors (Lipinski definition) is 2. The van der Waals surface area contributed by atoms with E-state index in [-0.39, 0.29) is 5.15 Å². The largest absolute Gasteiger partial charge is 0.219 e. The maximum atomic E-state index is 5.58. The lowest BCUT2D eigenvalue weighted by Gasteiger charge is -2.10. The Kier molecular flexibility index (Phi) is 2.81. The van der Waals surface area contributed by atoms with Gasteiger partial charge in [0.05, 0.1) is 6.20 Å². The van der Waals surface area contributed by atoms with Gasteiger partial charge in [0.15, 0.2) is 5.15 Å². The smallest absolute Gasteiger partial charge is 0.158 e. The first-order valence-corrected chi connectivity index (χ1v) is 4.07. The molecule has 0 unspecified atom stereocenters. The number of rotatable bonds is 0. The molecule has 0 amide bonds. The highest BCUT2D eigenvalue weighted by Crippen LogP contribution is 2.40. The van der Waals surface area contributed by atoms with Crippen molar-refractivity contribution >= 4 is 46.4 Å². The zero-order chi connectivity index (χ0) is 8.48. The van der Waals surface area contributed by atoms with Crippen molar-refractivity contribution in [1.29, 1.82) is 0 Å². The van der Waals surface area contributed by atoms with Gasteiger partial charge < -0.3 is 0 Å². The zero-order valence-corrected chi connectivity index (χ0v) is 8.08. The highest BCUT2D eigenvalue weighted by Gasteiger charge is 2.26. The zero-order valence-electron chi connectivity index (χ0n) is 5.06. The summed E-state index contributed by atoms with van der Waals surface area (Å²) >= 11 is 22.2. The van der Waals surface area contributed by atoms with Crippen LogP contribution in [-0.2, 0) is 3.79 Å². The van der Waals surface area contributed by atoms with Gasteiger partial charge in [-0.25, -0.2) is 0 Å². The number of halogens is 4. The van der Waals surface area contributed by atoms with Crippen molar-refractivity contribution in [2.45, 2.75) is 3.79 Å². The summed E-state index contributed by atoms with van der Waals surface area (Å²) in [5.41, 5.74) is 0.333. The second kappa shape index (κ2) is 3.31.